The number of hydrogen-bond donors (Lipinski definition) is 1. The van der Waals surface area contributed by atoms with Gasteiger partial charge in [0.05, 0.1) is 39.0 Å². The number of ether oxygens (including phenoxy) is 4. The Hall–Kier alpha value is -5.13. The molecule has 0 spiro atoms. The van der Waals surface area contributed by atoms with E-state index < -0.39 is 29.4 Å². The summed E-state index contributed by atoms with van der Waals surface area (Å²) in [5.41, 5.74) is 1.69. The number of methoxy groups -OCH3 is 3. The maximum atomic E-state index is 14.4. The smallest absolute Gasteiger partial charge is 0.338 e. The second-order valence-electron chi connectivity index (χ2n) is 10.9. The number of nitrogens with zero attached hydrogens (tertiary/aromatic N) is 4. The van der Waals surface area contributed by atoms with Gasteiger partial charge in [-0.1, -0.05) is 17.3 Å². The van der Waals surface area contributed by atoms with E-state index in [4.69, 9.17) is 18.9 Å². The van der Waals surface area contributed by atoms with Crippen LogP contribution in [0.25, 0.3) is 11.0 Å². The Morgan fingerprint density at radius 1 is 0.932 bits per heavy atom. The fraction of sp³-hybridized carbons (Fsp3) is 0.344. The fourth-order valence-electron chi connectivity index (χ4n) is 4.76. The van der Waals surface area contributed by atoms with Crippen LogP contribution in [-0.4, -0.2) is 66.3 Å². The number of para-hydroxylation sites is 1. The summed E-state index contributed by atoms with van der Waals surface area (Å²) in [5, 5.41) is 11.4. The predicted octanol–water partition coefficient (Wildman–Crippen LogP) is 4.32. The highest BCUT2D eigenvalue weighted by atomic mass is 16.5. The molecule has 1 aromatic heterocycles. The molecule has 44 heavy (non-hydrogen) atoms. The standard InChI is InChI=1S/C32H37N5O7/c1-8-44-31(40)20-13-15-22(16-14-20)37(27(38)19-36-24-12-10-9-11-23(24)34-35-36)28(30(39)33-32(2,3)4)21-17-25(41-5)29(43-7)26(18-21)42-6/h9-18,28H,8,19H2,1-7H3,(H,33,39). The van der Waals surface area contributed by atoms with Gasteiger partial charge in [-0.15, -0.1) is 5.10 Å². The SMILES string of the molecule is CCOC(=O)c1ccc(N(C(=O)Cn2nnc3ccccc32)C(C(=O)NC(C)(C)C)c2cc(OC)c(OC)c(OC)c2)cc1. The maximum Gasteiger partial charge on any atom is 0.338 e. The van der Waals surface area contributed by atoms with Gasteiger partial charge in [-0.3, -0.25) is 14.5 Å². The normalized spacial score (nSPS) is 11.9. The van der Waals surface area contributed by atoms with Crippen LogP contribution in [0, 0.1) is 0 Å². The van der Waals surface area contributed by atoms with Gasteiger partial charge in [0, 0.05) is 11.2 Å². The monoisotopic (exact) mass is 603 g/mol. The lowest BCUT2D eigenvalue weighted by Gasteiger charge is -2.34. The summed E-state index contributed by atoms with van der Waals surface area (Å²) in [6, 6.07) is 15.6. The van der Waals surface area contributed by atoms with E-state index in [1.165, 1.54) is 30.9 Å². The number of carbonyl (C=O) groups excluding carboxylic acids is 3. The van der Waals surface area contributed by atoms with Gasteiger partial charge >= 0.3 is 5.97 Å². The third-order valence-corrected chi connectivity index (χ3v) is 6.64. The van der Waals surface area contributed by atoms with Crippen molar-refractivity contribution >= 4 is 34.5 Å². The van der Waals surface area contributed by atoms with Gasteiger partial charge < -0.3 is 24.3 Å². The number of benzene rings is 3. The van der Waals surface area contributed by atoms with Crippen LogP contribution in [-0.2, 0) is 20.9 Å². The number of hydrogen-bond acceptors (Lipinski definition) is 9. The van der Waals surface area contributed by atoms with Gasteiger partial charge in [-0.25, -0.2) is 9.48 Å². The van der Waals surface area contributed by atoms with Crippen LogP contribution in [0.1, 0.15) is 49.7 Å². The quantitative estimate of drug-likeness (QED) is 0.249. The molecule has 0 aliphatic rings. The maximum absolute atomic E-state index is 14.4. The Bertz CT molecular complexity index is 1620. The van der Waals surface area contributed by atoms with Crippen LogP contribution in [0.4, 0.5) is 5.69 Å². The third kappa shape index (κ3) is 6.91. The van der Waals surface area contributed by atoms with Gasteiger partial charge in [0.2, 0.25) is 17.6 Å². The average molecular weight is 604 g/mol. The lowest BCUT2D eigenvalue weighted by molar-refractivity contribution is -0.128. The van der Waals surface area contributed by atoms with E-state index >= 15 is 0 Å². The van der Waals surface area contributed by atoms with Crippen LogP contribution in [0.2, 0.25) is 0 Å². The predicted molar refractivity (Wildman–Crippen MR) is 164 cm³/mol. The number of amides is 2. The molecule has 232 valence electrons. The summed E-state index contributed by atoms with van der Waals surface area (Å²) in [6.45, 7) is 7.24. The van der Waals surface area contributed by atoms with Crippen LogP contribution in [0.5, 0.6) is 17.2 Å². The molecular weight excluding hydrogens is 566 g/mol. The molecule has 1 N–H and O–H groups in total. The van der Waals surface area contributed by atoms with Gasteiger partial charge in [0.15, 0.2) is 11.5 Å². The third-order valence-electron chi connectivity index (χ3n) is 6.64. The van der Waals surface area contributed by atoms with Crippen molar-refractivity contribution in [2.24, 2.45) is 0 Å². The van der Waals surface area contributed by atoms with E-state index in [-0.39, 0.29) is 13.2 Å². The minimum absolute atomic E-state index is 0.216. The number of fused-ring (bicyclic) bond motifs is 1. The molecule has 12 heteroatoms. The van der Waals surface area contributed by atoms with Crippen molar-refractivity contribution in [1.29, 1.82) is 0 Å². The molecule has 4 aromatic rings. The van der Waals surface area contributed by atoms with Gasteiger partial charge in [-0.05, 0) is 81.8 Å². The molecule has 3 aromatic carbocycles. The topological polar surface area (TPSA) is 134 Å². The Kier molecular flexibility index (Phi) is 9.72. The highest BCUT2D eigenvalue weighted by Gasteiger charge is 2.36. The first-order chi connectivity index (χ1) is 21.0. The molecule has 2 amide bonds. The van der Waals surface area contributed by atoms with Crippen molar-refractivity contribution in [3.8, 4) is 17.2 Å². The van der Waals surface area contributed by atoms with Crippen LogP contribution < -0.4 is 24.4 Å². The molecule has 1 unspecified atom stereocenters. The van der Waals surface area contributed by atoms with Crippen LogP contribution in [0.3, 0.4) is 0 Å². The summed E-state index contributed by atoms with van der Waals surface area (Å²) in [7, 11) is 4.42. The fourth-order valence-corrected chi connectivity index (χ4v) is 4.76. The minimum atomic E-state index is -1.21. The molecule has 4 rings (SSSR count). The minimum Gasteiger partial charge on any atom is -0.493 e. The zero-order valence-electron chi connectivity index (χ0n) is 25.9. The molecule has 0 saturated carbocycles. The second kappa shape index (κ2) is 13.4. The number of carbonyl (C=O) groups is 3. The van der Waals surface area contributed by atoms with E-state index in [0.29, 0.717) is 45.1 Å². The largest absolute Gasteiger partial charge is 0.493 e. The second-order valence-corrected chi connectivity index (χ2v) is 10.9. The van der Waals surface area contributed by atoms with E-state index in [9.17, 15) is 14.4 Å². The van der Waals surface area contributed by atoms with E-state index in [2.05, 4.69) is 15.6 Å². The van der Waals surface area contributed by atoms with Crippen LogP contribution >= 0.6 is 0 Å². The Labute approximate surface area is 255 Å². The van der Waals surface area contributed by atoms with E-state index in [1.807, 2.05) is 39.0 Å². The average Bonchev–Trinajstić information content (AvgIpc) is 3.40. The number of anilines is 1. The summed E-state index contributed by atoms with van der Waals surface area (Å²) in [5.74, 6) is -0.479. The van der Waals surface area contributed by atoms with E-state index in [1.54, 1.807) is 49.4 Å². The number of nitrogens with one attached hydrogen (secondary N) is 1. The molecule has 1 atom stereocenters. The Morgan fingerprint density at radius 3 is 2.14 bits per heavy atom. The van der Waals surface area contributed by atoms with E-state index in [0.717, 1.165) is 0 Å². The van der Waals surface area contributed by atoms with Gasteiger partial charge in [0.1, 0.15) is 18.1 Å². The Morgan fingerprint density at radius 2 is 1.57 bits per heavy atom. The first-order valence-electron chi connectivity index (χ1n) is 14.0. The van der Waals surface area contributed by atoms with Crippen molar-refractivity contribution in [2.75, 3.05) is 32.8 Å². The molecule has 0 aliphatic carbocycles. The molecule has 0 fully saturated rings. The number of rotatable bonds is 11. The molecule has 0 bridgehead atoms. The summed E-state index contributed by atoms with van der Waals surface area (Å²) >= 11 is 0. The summed E-state index contributed by atoms with van der Waals surface area (Å²) in [4.78, 5) is 42.3. The molecule has 12 nitrogen and oxygen atoms in total. The number of esters is 1. The van der Waals surface area contributed by atoms with Crippen molar-refractivity contribution in [3.63, 3.8) is 0 Å². The summed E-state index contributed by atoms with van der Waals surface area (Å²) < 4.78 is 23.3. The highest BCUT2D eigenvalue weighted by Crippen LogP contribution is 2.42. The van der Waals surface area contributed by atoms with Crippen molar-refractivity contribution < 1.29 is 33.3 Å². The van der Waals surface area contributed by atoms with Crippen molar-refractivity contribution in [2.45, 2.75) is 45.8 Å². The first-order valence-corrected chi connectivity index (χ1v) is 14.0. The lowest BCUT2D eigenvalue weighted by atomic mass is 9.99. The van der Waals surface area contributed by atoms with Crippen molar-refractivity contribution in [1.82, 2.24) is 20.3 Å². The molecule has 0 aliphatic heterocycles. The van der Waals surface area contributed by atoms with Gasteiger partial charge in [-0.2, -0.15) is 0 Å². The zero-order chi connectivity index (χ0) is 32.0. The van der Waals surface area contributed by atoms with Gasteiger partial charge in [0.25, 0.3) is 0 Å². The molecule has 0 saturated heterocycles. The zero-order valence-corrected chi connectivity index (χ0v) is 25.9. The number of aromatic nitrogens is 3. The highest BCUT2D eigenvalue weighted by molar-refractivity contribution is 6.02. The lowest BCUT2D eigenvalue weighted by Crippen LogP contribution is -2.50. The molecular formula is C32H37N5O7. The first kappa shape index (κ1) is 31.8. The summed E-state index contributed by atoms with van der Waals surface area (Å²) in [6.07, 6.45) is 0. The molecule has 1 heterocycles. The Balaban J connectivity index is 1.91. The van der Waals surface area contributed by atoms with Crippen LogP contribution in [0.15, 0.2) is 60.7 Å². The molecule has 0 radical (unpaired) electrons. The van der Waals surface area contributed by atoms with Crippen molar-refractivity contribution in [3.05, 3.63) is 71.8 Å².